The van der Waals surface area contributed by atoms with Gasteiger partial charge in [0.25, 0.3) is 5.91 Å². The molecule has 4 rings (SSSR count). The van der Waals surface area contributed by atoms with Gasteiger partial charge in [0.2, 0.25) is 5.95 Å². The molecule has 0 aliphatic rings. The first-order chi connectivity index (χ1) is 14.7. The summed E-state index contributed by atoms with van der Waals surface area (Å²) < 4.78 is 0. The SMILES string of the molecule is CCN(C(=O)c1ccc2ccccc2c1)c1ccnc(N[C@H](C)c2ccccc2)n1. The molecule has 30 heavy (non-hydrogen) atoms. The number of carbonyl (C=O) groups is 1. The molecule has 3 aromatic carbocycles. The molecule has 0 bridgehead atoms. The van der Waals surface area contributed by atoms with E-state index in [9.17, 15) is 4.79 Å². The van der Waals surface area contributed by atoms with E-state index in [1.54, 1.807) is 17.2 Å². The number of rotatable bonds is 6. The third-order valence-electron chi connectivity index (χ3n) is 5.12. The van der Waals surface area contributed by atoms with E-state index in [2.05, 4.69) is 34.3 Å². The summed E-state index contributed by atoms with van der Waals surface area (Å²) in [5.41, 5.74) is 1.78. The summed E-state index contributed by atoms with van der Waals surface area (Å²) in [4.78, 5) is 23.8. The molecule has 0 aliphatic carbocycles. The standard InChI is InChI=1S/C25H24N4O/c1-3-29(24(30)22-14-13-20-11-7-8-12-21(20)17-22)23-15-16-26-25(28-23)27-18(2)19-9-5-4-6-10-19/h4-18H,3H2,1-2H3,(H,26,27,28)/t18-/m1/s1. The van der Waals surface area contributed by atoms with Crippen molar-refractivity contribution in [3.05, 3.63) is 96.2 Å². The van der Waals surface area contributed by atoms with E-state index in [1.165, 1.54) is 0 Å². The second-order valence-corrected chi connectivity index (χ2v) is 7.13. The van der Waals surface area contributed by atoms with Crippen LogP contribution in [0.3, 0.4) is 0 Å². The van der Waals surface area contributed by atoms with Crippen LogP contribution in [0.5, 0.6) is 0 Å². The number of amides is 1. The van der Waals surface area contributed by atoms with Gasteiger partial charge in [0, 0.05) is 18.3 Å². The molecule has 0 saturated heterocycles. The van der Waals surface area contributed by atoms with E-state index in [1.807, 2.05) is 67.6 Å². The van der Waals surface area contributed by atoms with Crippen LogP contribution in [0.1, 0.15) is 35.8 Å². The molecule has 0 spiro atoms. The fraction of sp³-hybridized carbons (Fsp3) is 0.160. The lowest BCUT2D eigenvalue weighted by Crippen LogP contribution is -2.31. The largest absolute Gasteiger partial charge is 0.348 e. The van der Waals surface area contributed by atoms with Crippen molar-refractivity contribution in [2.45, 2.75) is 19.9 Å². The highest BCUT2D eigenvalue weighted by Crippen LogP contribution is 2.21. The lowest BCUT2D eigenvalue weighted by molar-refractivity contribution is 0.0987. The van der Waals surface area contributed by atoms with E-state index >= 15 is 0 Å². The molecule has 1 heterocycles. The first-order valence-corrected chi connectivity index (χ1v) is 10.1. The third-order valence-corrected chi connectivity index (χ3v) is 5.12. The molecular formula is C25H24N4O. The van der Waals surface area contributed by atoms with Gasteiger partial charge in [-0.25, -0.2) is 4.98 Å². The highest BCUT2D eigenvalue weighted by molar-refractivity contribution is 6.07. The summed E-state index contributed by atoms with van der Waals surface area (Å²) in [6.45, 7) is 4.51. The Hall–Kier alpha value is -3.73. The molecule has 1 aromatic heterocycles. The van der Waals surface area contributed by atoms with Gasteiger partial charge in [-0.15, -0.1) is 0 Å². The molecule has 0 saturated carbocycles. The Morgan fingerprint density at radius 2 is 1.70 bits per heavy atom. The minimum atomic E-state index is -0.0796. The van der Waals surface area contributed by atoms with Gasteiger partial charge in [-0.1, -0.05) is 60.7 Å². The van der Waals surface area contributed by atoms with Crippen molar-refractivity contribution in [3.63, 3.8) is 0 Å². The minimum absolute atomic E-state index is 0.0488. The maximum absolute atomic E-state index is 13.2. The van der Waals surface area contributed by atoms with Gasteiger partial charge in [0.15, 0.2) is 0 Å². The Bertz CT molecular complexity index is 1160. The molecular weight excluding hydrogens is 372 g/mol. The highest BCUT2D eigenvalue weighted by atomic mass is 16.2. The quantitative estimate of drug-likeness (QED) is 0.469. The fourth-order valence-electron chi connectivity index (χ4n) is 3.48. The lowest BCUT2D eigenvalue weighted by Gasteiger charge is -2.21. The summed E-state index contributed by atoms with van der Waals surface area (Å²) in [6.07, 6.45) is 1.68. The predicted octanol–water partition coefficient (Wildman–Crippen LogP) is 5.47. The molecule has 5 nitrogen and oxygen atoms in total. The maximum atomic E-state index is 13.2. The number of fused-ring (bicyclic) bond motifs is 1. The van der Waals surface area contributed by atoms with Crippen molar-refractivity contribution in [2.24, 2.45) is 0 Å². The monoisotopic (exact) mass is 396 g/mol. The molecule has 0 aliphatic heterocycles. The Morgan fingerprint density at radius 1 is 0.967 bits per heavy atom. The zero-order valence-electron chi connectivity index (χ0n) is 17.1. The van der Waals surface area contributed by atoms with Crippen LogP contribution in [0.25, 0.3) is 10.8 Å². The number of anilines is 2. The van der Waals surface area contributed by atoms with Crippen molar-refractivity contribution >= 4 is 28.4 Å². The van der Waals surface area contributed by atoms with Gasteiger partial charge in [0.05, 0.1) is 6.04 Å². The number of nitrogens with zero attached hydrogens (tertiary/aromatic N) is 3. The van der Waals surface area contributed by atoms with E-state index in [0.29, 0.717) is 23.9 Å². The number of hydrogen-bond donors (Lipinski definition) is 1. The smallest absolute Gasteiger partial charge is 0.259 e. The zero-order chi connectivity index (χ0) is 20.9. The van der Waals surface area contributed by atoms with Crippen LogP contribution in [-0.2, 0) is 0 Å². The Morgan fingerprint density at radius 3 is 2.47 bits per heavy atom. The Labute approximate surface area is 176 Å². The number of aromatic nitrogens is 2. The maximum Gasteiger partial charge on any atom is 0.259 e. The molecule has 5 heteroatoms. The molecule has 0 fully saturated rings. The predicted molar refractivity (Wildman–Crippen MR) is 122 cm³/mol. The molecule has 1 N–H and O–H groups in total. The van der Waals surface area contributed by atoms with Crippen molar-refractivity contribution in [1.29, 1.82) is 0 Å². The van der Waals surface area contributed by atoms with Crippen LogP contribution in [0.4, 0.5) is 11.8 Å². The summed E-state index contributed by atoms with van der Waals surface area (Å²) >= 11 is 0. The topological polar surface area (TPSA) is 58.1 Å². The van der Waals surface area contributed by atoms with Crippen LogP contribution >= 0.6 is 0 Å². The lowest BCUT2D eigenvalue weighted by atomic mass is 10.1. The molecule has 1 amide bonds. The van der Waals surface area contributed by atoms with Crippen LogP contribution in [0.15, 0.2) is 85.1 Å². The van der Waals surface area contributed by atoms with Gasteiger partial charge in [-0.3, -0.25) is 9.69 Å². The van der Waals surface area contributed by atoms with E-state index in [-0.39, 0.29) is 11.9 Å². The number of nitrogens with one attached hydrogen (secondary N) is 1. The minimum Gasteiger partial charge on any atom is -0.348 e. The van der Waals surface area contributed by atoms with Gasteiger partial charge < -0.3 is 5.32 Å². The van der Waals surface area contributed by atoms with Crippen molar-refractivity contribution in [1.82, 2.24) is 9.97 Å². The highest BCUT2D eigenvalue weighted by Gasteiger charge is 2.18. The molecule has 1 atom stereocenters. The summed E-state index contributed by atoms with van der Waals surface area (Å²) in [5, 5.41) is 5.47. The van der Waals surface area contributed by atoms with Gasteiger partial charge >= 0.3 is 0 Å². The van der Waals surface area contributed by atoms with E-state index in [4.69, 9.17) is 0 Å². The number of carbonyl (C=O) groups excluding carboxylic acids is 1. The van der Waals surface area contributed by atoms with Crippen molar-refractivity contribution in [3.8, 4) is 0 Å². The fourth-order valence-corrected chi connectivity index (χ4v) is 3.48. The average molecular weight is 396 g/mol. The third kappa shape index (κ3) is 4.15. The molecule has 0 unspecified atom stereocenters. The summed E-state index contributed by atoms with van der Waals surface area (Å²) in [5.74, 6) is 0.992. The summed E-state index contributed by atoms with van der Waals surface area (Å²) in [6, 6.07) is 25.7. The van der Waals surface area contributed by atoms with E-state index < -0.39 is 0 Å². The van der Waals surface area contributed by atoms with E-state index in [0.717, 1.165) is 16.3 Å². The van der Waals surface area contributed by atoms with Crippen LogP contribution < -0.4 is 10.2 Å². The average Bonchev–Trinajstić information content (AvgIpc) is 2.80. The Kier molecular flexibility index (Phi) is 5.70. The second-order valence-electron chi connectivity index (χ2n) is 7.13. The van der Waals surface area contributed by atoms with Gasteiger partial charge in [0.1, 0.15) is 5.82 Å². The molecule has 4 aromatic rings. The van der Waals surface area contributed by atoms with Gasteiger partial charge in [-0.2, -0.15) is 4.98 Å². The summed E-state index contributed by atoms with van der Waals surface area (Å²) in [7, 11) is 0. The number of benzene rings is 3. The van der Waals surface area contributed by atoms with Crippen LogP contribution in [0.2, 0.25) is 0 Å². The number of hydrogen-bond acceptors (Lipinski definition) is 4. The normalized spacial score (nSPS) is 11.8. The first-order valence-electron chi connectivity index (χ1n) is 10.1. The Balaban J connectivity index is 1.58. The molecule has 150 valence electrons. The van der Waals surface area contributed by atoms with Crippen molar-refractivity contribution in [2.75, 3.05) is 16.8 Å². The zero-order valence-corrected chi connectivity index (χ0v) is 17.1. The van der Waals surface area contributed by atoms with Crippen LogP contribution in [-0.4, -0.2) is 22.4 Å². The molecule has 0 radical (unpaired) electrons. The second kappa shape index (κ2) is 8.74. The van der Waals surface area contributed by atoms with Gasteiger partial charge in [-0.05, 0) is 48.4 Å². The van der Waals surface area contributed by atoms with Crippen LogP contribution in [0, 0.1) is 0 Å². The first kappa shape index (κ1) is 19.6. The van der Waals surface area contributed by atoms with Crippen molar-refractivity contribution < 1.29 is 4.79 Å².